The highest BCUT2D eigenvalue weighted by molar-refractivity contribution is 9.10. The molecule has 1 saturated heterocycles. The number of para-hydroxylation sites is 2. The molecule has 0 aromatic heterocycles. The molecule has 5 nitrogen and oxygen atoms in total. The standard InChI is InChI=1S/C23H15BrN2O3/c24-17-13-11-16(12-14-17)15-20-21(27)25(18-7-3-1-4-8-18)23(29)26(22(20)28)19-9-5-2-6-10-19/h1-15H. The van der Waals surface area contributed by atoms with Crippen LogP contribution in [0.25, 0.3) is 6.08 Å². The summed E-state index contributed by atoms with van der Waals surface area (Å²) in [6.45, 7) is 0. The summed E-state index contributed by atoms with van der Waals surface area (Å²) < 4.78 is 0.882. The van der Waals surface area contributed by atoms with Crippen LogP contribution in [0.5, 0.6) is 0 Å². The summed E-state index contributed by atoms with van der Waals surface area (Å²) in [5, 5.41) is 0. The highest BCUT2D eigenvalue weighted by Crippen LogP contribution is 2.29. The Morgan fingerprint density at radius 3 is 1.52 bits per heavy atom. The van der Waals surface area contributed by atoms with Gasteiger partial charge in [0.05, 0.1) is 11.4 Å². The molecule has 4 amide bonds. The largest absolute Gasteiger partial charge is 0.343 e. The molecule has 3 aromatic carbocycles. The number of rotatable bonds is 3. The number of carbonyl (C=O) groups excluding carboxylic acids is 3. The third-order valence-corrected chi connectivity index (χ3v) is 4.99. The fourth-order valence-electron chi connectivity index (χ4n) is 3.06. The number of carbonyl (C=O) groups is 3. The van der Waals surface area contributed by atoms with E-state index in [2.05, 4.69) is 15.9 Å². The van der Waals surface area contributed by atoms with Crippen LogP contribution in [0, 0.1) is 0 Å². The van der Waals surface area contributed by atoms with Crippen LogP contribution in [0.3, 0.4) is 0 Å². The van der Waals surface area contributed by atoms with E-state index in [0.29, 0.717) is 16.9 Å². The molecule has 0 unspecified atom stereocenters. The molecule has 0 saturated carbocycles. The molecule has 1 heterocycles. The maximum Gasteiger partial charge on any atom is 0.343 e. The van der Waals surface area contributed by atoms with Gasteiger partial charge in [0.25, 0.3) is 11.8 Å². The van der Waals surface area contributed by atoms with Gasteiger partial charge in [0.15, 0.2) is 0 Å². The van der Waals surface area contributed by atoms with Crippen molar-refractivity contribution in [2.75, 3.05) is 9.80 Å². The zero-order valence-corrected chi connectivity index (χ0v) is 16.7. The maximum atomic E-state index is 13.2. The van der Waals surface area contributed by atoms with E-state index in [9.17, 15) is 14.4 Å². The van der Waals surface area contributed by atoms with Crippen molar-refractivity contribution in [2.24, 2.45) is 0 Å². The molecule has 4 rings (SSSR count). The van der Waals surface area contributed by atoms with Crippen molar-refractivity contribution in [1.29, 1.82) is 0 Å². The van der Waals surface area contributed by atoms with Gasteiger partial charge < -0.3 is 0 Å². The lowest BCUT2D eigenvalue weighted by molar-refractivity contribution is -0.121. The number of imide groups is 2. The molecular weight excluding hydrogens is 432 g/mol. The number of nitrogens with zero attached hydrogens (tertiary/aromatic N) is 2. The molecule has 6 heteroatoms. The lowest BCUT2D eigenvalue weighted by Gasteiger charge is -2.33. The fraction of sp³-hybridized carbons (Fsp3) is 0. The summed E-state index contributed by atoms with van der Waals surface area (Å²) in [4.78, 5) is 41.6. The van der Waals surface area contributed by atoms with E-state index in [1.807, 2.05) is 12.1 Å². The smallest absolute Gasteiger partial charge is 0.268 e. The third-order valence-electron chi connectivity index (χ3n) is 4.46. The molecule has 0 spiro atoms. The lowest BCUT2D eigenvalue weighted by atomic mass is 10.0. The summed E-state index contributed by atoms with van der Waals surface area (Å²) in [7, 11) is 0. The first-order valence-electron chi connectivity index (χ1n) is 8.86. The van der Waals surface area contributed by atoms with Crippen molar-refractivity contribution >= 4 is 51.2 Å². The van der Waals surface area contributed by atoms with Crippen LogP contribution >= 0.6 is 15.9 Å². The van der Waals surface area contributed by atoms with Gasteiger partial charge in [-0.25, -0.2) is 14.6 Å². The Balaban J connectivity index is 1.86. The Hall–Kier alpha value is -3.51. The second kappa shape index (κ2) is 7.85. The van der Waals surface area contributed by atoms with Crippen molar-refractivity contribution in [3.8, 4) is 0 Å². The van der Waals surface area contributed by atoms with E-state index in [-0.39, 0.29) is 5.57 Å². The molecule has 0 aliphatic carbocycles. The number of hydrogen-bond acceptors (Lipinski definition) is 3. The molecule has 0 N–H and O–H groups in total. The highest BCUT2D eigenvalue weighted by atomic mass is 79.9. The van der Waals surface area contributed by atoms with Gasteiger partial charge in [-0.05, 0) is 48.0 Å². The van der Waals surface area contributed by atoms with Gasteiger partial charge in [-0.1, -0.05) is 64.5 Å². The van der Waals surface area contributed by atoms with Crippen LogP contribution in [-0.4, -0.2) is 17.8 Å². The van der Waals surface area contributed by atoms with Gasteiger partial charge in [0.1, 0.15) is 5.57 Å². The Morgan fingerprint density at radius 2 is 1.07 bits per heavy atom. The summed E-state index contributed by atoms with van der Waals surface area (Å²) >= 11 is 3.37. The van der Waals surface area contributed by atoms with Crippen molar-refractivity contribution in [3.05, 3.63) is 101 Å². The minimum atomic E-state index is -0.703. The van der Waals surface area contributed by atoms with E-state index in [4.69, 9.17) is 0 Å². The van der Waals surface area contributed by atoms with Crippen molar-refractivity contribution in [2.45, 2.75) is 0 Å². The second-order valence-electron chi connectivity index (χ2n) is 6.34. The molecule has 3 aromatic rings. The Bertz CT molecular complexity index is 1050. The average Bonchev–Trinajstić information content (AvgIpc) is 2.74. The zero-order valence-electron chi connectivity index (χ0n) is 15.2. The van der Waals surface area contributed by atoms with Gasteiger partial charge in [-0.3, -0.25) is 9.59 Å². The van der Waals surface area contributed by atoms with E-state index in [1.54, 1.807) is 72.8 Å². The Morgan fingerprint density at radius 1 is 0.621 bits per heavy atom. The van der Waals surface area contributed by atoms with Gasteiger partial charge in [0, 0.05) is 4.47 Å². The van der Waals surface area contributed by atoms with E-state index < -0.39 is 17.8 Å². The molecular formula is C23H15BrN2O3. The SMILES string of the molecule is O=C1C(=Cc2ccc(Br)cc2)C(=O)N(c2ccccc2)C(=O)N1c1ccccc1. The first-order valence-corrected chi connectivity index (χ1v) is 9.66. The molecule has 0 atom stereocenters. The first-order chi connectivity index (χ1) is 14.1. The van der Waals surface area contributed by atoms with Crippen molar-refractivity contribution < 1.29 is 14.4 Å². The number of hydrogen-bond donors (Lipinski definition) is 0. The van der Waals surface area contributed by atoms with Gasteiger partial charge in [-0.15, -0.1) is 0 Å². The topological polar surface area (TPSA) is 57.7 Å². The van der Waals surface area contributed by atoms with Crippen LogP contribution in [0.1, 0.15) is 5.56 Å². The molecule has 1 fully saturated rings. The zero-order chi connectivity index (χ0) is 20.4. The number of amides is 4. The van der Waals surface area contributed by atoms with Gasteiger partial charge >= 0.3 is 6.03 Å². The maximum absolute atomic E-state index is 13.2. The number of halogens is 1. The summed E-state index contributed by atoms with van der Waals surface area (Å²) in [6, 6.07) is 23.7. The highest BCUT2D eigenvalue weighted by Gasteiger charge is 2.43. The van der Waals surface area contributed by atoms with Crippen LogP contribution < -0.4 is 9.80 Å². The number of barbiturate groups is 1. The minimum absolute atomic E-state index is 0.0837. The number of benzene rings is 3. The van der Waals surface area contributed by atoms with Crippen LogP contribution in [0.2, 0.25) is 0 Å². The van der Waals surface area contributed by atoms with E-state index in [0.717, 1.165) is 14.3 Å². The van der Waals surface area contributed by atoms with Crippen molar-refractivity contribution in [3.63, 3.8) is 0 Å². The minimum Gasteiger partial charge on any atom is -0.268 e. The summed E-state index contributed by atoms with van der Waals surface area (Å²) in [5.41, 5.74) is 1.40. The first kappa shape index (κ1) is 18.8. The average molecular weight is 447 g/mol. The number of urea groups is 1. The normalized spacial score (nSPS) is 14.4. The lowest BCUT2D eigenvalue weighted by Crippen LogP contribution is -2.57. The predicted octanol–water partition coefficient (Wildman–Crippen LogP) is 5.03. The quantitative estimate of drug-likeness (QED) is 0.418. The second-order valence-corrected chi connectivity index (χ2v) is 7.26. The Labute approximate surface area is 176 Å². The molecule has 29 heavy (non-hydrogen) atoms. The van der Waals surface area contributed by atoms with Crippen LogP contribution in [0.4, 0.5) is 16.2 Å². The summed E-state index contributed by atoms with van der Waals surface area (Å²) in [6.07, 6.45) is 1.51. The summed E-state index contributed by atoms with van der Waals surface area (Å²) in [5.74, 6) is -1.30. The molecule has 1 aliphatic rings. The fourth-order valence-corrected chi connectivity index (χ4v) is 3.33. The number of anilines is 2. The molecule has 1 aliphatic heterocycles. The molecule has 142 valence electrons. The van der Waals surface area contributed by atoms with Crippen molar-refractivity contribution in [1.82, 2.24) is 0 Å². The van der Waals surface area contributed by atoms with Gasteiger partial charge in [0.2, 0.25) is 0 Å². The molecule has 0 bridgehead atoms. The Kier molecular flexibility index (Phi) is 5.10. The predicted molar refractivity (Wildman–Crippen MR) is 115 cm³/mol. The monoisotopic (exact) mass is 446 g/mol. The van der Waals surface area contributed by atoms with Crippen LogP contribution in [-0.2, 0) is 9.59 Å². The van der Waals surface area contributed by atoms with E-state index in [1.165, 1.54) is 6.08 Å². The molecule has 0 radical (unpaired) electrons. The van der Waals surface area contributed by atoms with Gasteiger partial charge in [-0.2, -0.15) is 0 Å². The van der Waals surface area contributed by atoms with E-state index >= 15 is 0 Å². The van der Waals surface area contributed by atoms with Crippen LogP contribution in [0.15, 0.2) is 95.0 Å². The third kappa shape index (κ3) is 3.62.